The monoisotopic (exact) mass is 893 g/mol. The number of aliphatic hydroxyl groups excluding tert-OH is 2. The molecule has 6 rings (SSSR count). The molecule has 13 atom stereocenters. The van der Waals surface area contributed by atoms with Crippen molar-refractivity contribution in [1.29, 1.82) is 0 Å². The molecule has 61 heavy (non-hydrogen) atoms. The number of carbonyl (C=O) groups is 3. The first-order valence-electron chi connectivity index (χ1n) is 23.6. The second-order valence-corrected chi connectivity index (χ2v) is 33.2. The van der Waals surface area contributed by atoms with Crippen molar-refractivity contribution in [2.45, 2.75) is 223 Å². The zero-order valence-electron chi connectivity index (χ0n) is 39.7. The van der Waals surface area contributed by atoms with Gasteiger partial charge in [0, 0.05) is 36.7 Å². The van der Waals surface area contributed by atoms with Crippen molar-refractivity contribution in [3.63, 3.8) is 0 Å². The maximum absolute atomic E-state index is 15.5. The lowest BCUT2D eigenvalue weighted by atomic mass is 9.41. The lowest BCUT2D eigenvalue weighted by Crippen LogP contribution is -2.75. The van der Waals surface area contributed by atoms with Gasteiger partial charge in [0.15, 0.2) is 14.6 Å². The van der Waals surface area contributed by atoms with Crippen LogP contribution in [0.2, 0.25) is 33.2 Å². The summed E-state index contributed by atoms with van der Waals surface area (Å²) < 4.78 is 32.3. The Balaban J connectivity index is 1.37. The quantitative estimate of drug-likeness (QED) is 0.0779. The summed E-state index contributed by atoms with van der Waals surface area (Å²) >= 11 is 0. The van der Waals surface area contributed by atoms with Gasteiger partial charge in [-0.15, -0.1) is 0 Å². The van der Waals surface area contributed by atoms with Gasteiger partial charge in [-0.05, 0) is 83.3 Å². The fraction of sp³-hybridized carbons (Fsp3) is 0.894. The summed E-state index contributed by atoms with van der Waals surface area (Å²) in [4.78, 5) is 42.9. The third-order valence-electron chi connectivity index (χ3n) is 17.7. The molecule has 0 aromatic heterocycles. The lowest BCUT2D eigenvalue weighted by Gasteiger charge is -2.65. The molecule has 0 spiro atoms. The van der Waals surface area contributed by atoms with E-state index in [9.17, 15) is 25.2 Å². The number of hydrogen-bond acceptors (Lipinski definition) is 12. The van der Waals surface area contributed by atoms with Crippen molar-refractivity contribution in [2.75, 3.05) is 13.2 Å². The zero-order chi connectivity index (χ0) is 45.6. The number of rotatable bonds is 14. The van der Waals surface area contributed by atoms with Crippen LogP contribution >= 0.6 is 0 Å². The second-order valence-electron chi connectivity index (χ2n) is 22.3. The van der Waals surface area contributed by atoms with Gasteiger partial charge >= 0.3 is 5.97 Å². The van der Waals surface area contributed by atoms with Gasteiger partial charge in [0.25, 0.3) is 0 Å². The van der Waals surface area contributed by atoms with E-state index in [0.717, 1.165) is 5.57 Å². The molecular weight excluding hydrogens is 813 g/mol. The molecule has 5 fully saturated rings. The van der Waals surface area contributed by atoms with Crippen LogP contribution in [0.25, 0.3) is 0 Å². The molecule has 6 aliphatic rings. The Hall–Kier alpha value is -1.34. The largest absolute Gasteiger partial charge is 0.458 e. The van der Waals surface area contributed by atoms with E-state index < -0.39 is 93.3 Å². The molecule has 2 aliphatic heterocycles. The molecular formula is C47H80O12Si2. The normalized spacial score (nSPS) is 41.0. The molecule has 12 nitrogen and oxygen atoms in total. The molecule has 0 radical (unpaired) electrons. The predicted molar refractivity (Wildman–Crippen MR) is 236 cm³/mol. The second kappa shape index (κ2) is 17.1. The number of aliphatic hydroxyl groups is 4. The average molecular weight is 893 g/mol. The molecule has 2 heterocycles. The van der Waals surface area contributed by atoms with Crippen LogP contribution in [0.5, 0.6) is 0 Å². The van der Waals surface area contributed by atoms with Gasteiger partial charge in [-0.2, -0.15) is 0 Å². The Labute approximate surface area is 367 Å². The summed E-state index contributed by atoms with van der Waals surface area (Å²) in [6.07, 6.45) is -3.66. The third-order valence-corrected chi connectivity index (χ3v) is 29.9. The van der Waals surface area contributed by atoms with Gasteiger partial charge in [0.2, 0.25) is 8.32 Å². The van der Waals surface area contributed by atoms with Crippen molar-refractivity contribution in [3.8, 4) is 0 Å². The number of fused-ring (bicyclic) bond motifs is 5. The topological polar surface area (TPSA) is 178 Å². The molecule has 0 unspecified atom stereocenters. The Kier molecular flexibility index (Phi) is 13.8. The van der Waals surface area contributed by atoms with E-state index in [4.69, 9.17) is 23.1 Å². The zero-order valence-corrected chi connectivity index (χ0v) is 41.7. The molecule has 1 saturated heterocycles. The third kappa shape index (κ3) is 7.39. The fourth-order valence-electron chi connectivity index (χ4n) is 15.0. The van der Waals surface area contributed by atoms with Crippen LogP contribution < -0.4 is 0 Å². The Bertz CT molecular complexity index is 1650. The fourth-order valence-corrected chi connectivity index (χ4v) is 26.1. The van der Waals surface area contributed by atoms with Crippen LogP contribution in [0.1, 0.15) is 142 Å². The molecule has 0 bridgehead atoms. The van der Waals surface area contributed by atoms with Crippen LogP contribution in [0.15, 0.2) is 11.6 Å². The van der Waals surface area contributed by atoms with Crippen molar-refractivity contribution in [3.05, 3.63) is 11.6 Å². The van der Waals surface area contributed by atoms with Crippen molar-refractivity contribution in [1.82, 2.24) is 0 Å². The van der Waals surface area contributed by atoms with E-state index >= 15 is 9.59 Å². The van der Waals surface area contributed by atoms with Crippen LogP contribution in [0.3, 0.4) is 0 Å². The van der Waals surface area contributed by atoms with Gasteiger partial charge in [-0.1, -0.05) is 90.0 Å². The minimum Gasteiger partial charge on any atom is -0.458 e. The van der Waals surface area contributed by atoms with Gasteiger partial charge < -0.3 is 43.5 Å². The highest BCUT2D eigenvalue weighted by Gasteiger charge is 2.76. The van der Waals surface area contributed by atoms with Crippen molar-refractivity contribution in [2.24, 2.45) is 28.6 Å². The summed E-state index contributed by atoms with van der Waals surface area (Å²) in [6.45, 7) is 29.5. The van der Waals surface area contributed by atoms with E-state index in [2.05, 4.69) is 83.1 Å². The number of cyclic esters (lactones) is 1. The molecule has 0 amide bonds. The Morgan fingerprint density at radius 3 is 1.92 bits per heavy atom. The number of ether oxygens (including phenoxy) is 3. The highest BCUT2D eigenvalue weighted by molar-refractivity contribution is 6.78. The molecule has 4 aliphatic carbocycles. The van der Waals surface area contributed by atoms with Crippen LogP contribution in [-0.2, 0) is 37.4 Å². The smallest absolute Gasteiger partial charge is 0.331 e. The number of ketones is 2. The number of Topliss-reactive ketones (excluding diaryl/α,β-unsaturated/α-hetero) is 2. The first-order chi connectivity index (χ1) is 28.2. The molecule has 0 aromatic rings. The van der Waals surface area contributed by atoms with E-state index in [1.165, 1.54) is 6.08 Å². The maximum Gasteiger partial charge on any atom is 0.331 e. The van der Waals surface area contributed by atoms with E-state index in [1.54, 1.807) is 6.92 Å². The van der Waals surface area contributed by atoms with Crippen molar-refractivity contribution >= 4 is 34.2 Å². The summed E-state index contributed by atoms with van der Waals surface area (Å²) in [6, 6.07) is 0. The van der Waals surface area contributed by atoms with Gasteiger partial charge in [-0.25, -0.2) is 4.79 Å². The molecule has 4 saturated carbocycles. The average Bonchev–Trinajstić information content (AvgIpc) is 3.69. The van der Waals surface area contributed by atoms with Gasteiger partial charge in [0.05, 0.1) is 35.4 Å². The first-order valence-corrected chi connectivity index (χ1v) is 27.9. The number of esters is 1. The standard InChI is InChI=1S/C47H80O12Si2/c1-25(2)60(26(3)4,27(5)6)56-24-46-37(49)20-33(58-43-41(52)42(40(51)31(13)57-43)59-61(28(7)8,29(9)10)30(11)12)21-45(46,53)17-15-35-39(46)36(48)22-44(14)34(16-18-47(35,44)54)32-19-38(50)55-23-32/h19,25-31,33-35,39-43,51-54H,15-18,20-24H2,1-14H3/t31-,33-,34+,35+,39+,40-,41+,42+,43-,44+,45-,46+,47-/m0/s1. The van der Waals surface area contributed by atoms with E-state index in [0.29, 0.717) is 19.3 Å². The minimum atomic E-state index is -2.67. The molecule has 14 heteroatoms. The van der Waals surface area contributed by atoms with E-state index in [-0.39, 0.29) is 89.6 Å². The summed E-state index contributed by atoms with van der Waals surface area (Å²) in [5.41, 5.74) is -3.78. The predicted octanol–water partition coefficient (Wildman–Crippen LogP) is 7.30. The highest BCUT2D eigenvalue weighted by Crippen LogP contribution is 2.70. The van der Waals surface area contributed by atoms with Crippen molar-refractivity contribution < 1.29 is 57.9 Å². The summed E-state index contributed by atoms with van der Waals surface area (Å²) in [5.74, 6) is -2.80. The van der Waals surface area contributed by atoms with Crippen LogP contribution in [-0.4, -0.2) is 116 Å². The Morgan fingerprint density at radius 1 is 0.820 bits per heavy atom. The summed E-state index contributed by atoms with van der Waals surface area (Å²) in [5, 5.41) is 49.8. The SMILES string of the molecule is CC(C)[Si](OC[C@]12C(=O)C[C@H](O[C@@H]3O[C@@H](C)[C@H](O)[C@@H](O[Si](C(C)C)(C(C)C)C(C)C)[C@H]3O)C[C@@]1(O)CC[C@@H]1[C@@H]2C(=O)C[C@]2(C)[C@@H](C3=CC(=O)OC3)CC[C@]12O)(C(C)C)C(C)C. The van der Waals surface area contributed by atoms with E-state index in [1.807, 2.05) is 6.92 Å². The molecule has 4 N–H and O–H groups in total. The maximum atomic E-state index is 15.5. The van der Waals surface area contributed by atoms with Gasteiger partial charge in [-0.3, -0.25) is 9.59 Å². The summed E-state index contributed by atoms with van der Waals surface area (Å²) in [7, 11) is -5.25. The van der Waals surface area contributed by atoms with Crippen LogP contribution in [0.4, 0.5) is 0 Å². The number of carbonyl (C=O) groups excluding carboxylic acids is 3. The minimum absolute atomic E-state index is 0.00926. The Morgan fingerprint density at radius 2 is 1.39 bits per heavy atom. The lowest BCUT2D eigenvalue weighted by molar-refractivity contribution is -0.312. The van der Waals surface area contributed by atoms with Crippen LogP contribution in [0, 0.1) is 28.6 Å². The molecule has 0 aromatic carbocycles. The highest BCUT2D eigenvalue weighted by atomic mass is 28.4. The first kappa shape index (κ1) is 49.1. The molecule has 348 valence electrons. The van der Waals surface area contributed by atoms with Gasteiger partial charge in [0.1, 0.15) is 36.5 Å². The number of hydrogen-bond donors (Lipinski definition) is 4.